The van der Waals surface area contributed by atoms with Gasteiger partial charge in [0.2, 0.25) is 0 Å². The number of thioether (sulfide) groups is 1. The Bertz CT molecular complexity index is 848. The fraction of sp³-hybridized carbons (Fsp3) is 0.500. The summed E-state index contributed by atoms with van der Waals surface area (Å²) in [5.41, 5.74) is 4.25. The summed E-state index contributed by atoms with van der Waals surface area (Å²) in [6.07, 6.45) is 12.2. The zero-order valence-electron chi connectivity index (χ0n) is 20.0. The number of nitrogens with zero attached hydrogens (tertiary/aromatic N) is 1. The topological polar surface area (TPSA) is 9.23 Å². The number of hydrogen-bond acceptors (Lipinski definition) is 2. The molecule has 0 saturated carbocycles. The molecule has 1 aliphatic rings. The molecule has 31 heavy (non-hydrogen) atoms. The molecule has 0 saturated heterocycles. The molecular weight excluding hydrogens is 398 g/mol. The Morgan fingerprint density at radius 3 is 2.48 bits per heavy atom. The smallest absolute Gasteiger partial charge is 0.119 e. The van der Waals surface area contributed by atoms with E-state index in [4.69, 9.17) is 4.74 Å². The molecule has 3 heteroatoms. The summed E-state index contributed by atoms with van der Waals surface area (Å²) in [4.78, 5) is 2.87. The van der Waals surface area contributed by atoms with Crippen LogP contribution in [-0.4, -0.2) is 38.8 Å². The van der Waals surface area contributed by atoms with Crippen LogP contribution >= 0.6 is 11.8 Å². The molecule has 2 aromatic carbocycles. The van der Waals surface area contributed by atoms with Crippen LogP contribution in [-0.2, 0) is 12.8 Å². The fourth-order valence-corrected chi connectivity index (χ4v) is 5.06. The van der Waals surface area contributed by atoms with Gasteiger partial charge in [-0.3, -0.25) is 0 Å². The van der Waals surface area contributed by atoms with Gasteiger partial charge in [-0.1, -0.05) is 62.2 Å². The summed E-state index contributed by atoms with van der Waals surface area (Å²) < 4.78 is 6.94. The van der Waals surface area contributed by atoms with Gasteiger partial charge in [-0.2, -0.15) is 0 Å². The lowest BCUT2D eigenvalue weighted by molar-refractivity contribution is -0.870. The van der Waals surface area contributed by atoms with Crippen molar-refractivity contribution in [1.29, 1.82) is 0 Å². The number of quaternary nitrogens is 1. The summed E-state index contributed by atoms with van der Waals surface area (Å²) in [6, 6.07) is 15.7. The molecule has 2 nitrogen and oxygen atoms in total. The van der Waals surface area contributed by atoms with Crippen molar-refractivity contribution in [3.05, 3.63) is 64.1 Å². The minimum atomic E-state index is 0.798. The average Bonchev–Trinajstić information content (AvgIpc) is 3.13. The van der Waals surface area contributed by atoms with E-state index in [0.29, 0.717) is 0 Å². The molecular formula is C28H40NOS+. The molecule has 0 bridgehead atoms. The van der Waals surface area contributed by atoms with E-state index >= 15 is 0 Å². The van der Waals surface area contributed by atoms with Crippen molar-refractivity contribution in [2.45, 2.75) is 63.2 Å². The third kappa shape index (κ3) is 8.38. The van der Waals surface area contributed by atoms with Crippen molar-refractivity contribution in [3.8, 4) is 5.75 Å². The maximum atomic E-state index is 5.92. The van der Waals surface area contributed by atoms with Crippen molar-refractivity contribution in [2.75, 3.05) is 34.3 Å². The predicted octanol–water partition coefficient (Wildman–Crippen LogP) is 7.36. The Morgan fingerprint density at radius 1 is 0.935 bits per heavy atom. The number of benzene rings is 2. The second-order valence-electron chi connectivity index (χ2n) is 9.78. The molecule has 0 aromatic heterocycles. The van der Waals surface area contributed by atoms with Crippen molar-refractivity contribution >= 4 is 17.8 Å². The Kier molecular flexibility index (Phi) is 9.10. The minimum absolute atomic E-state index is 0.798. The SMILES string of the molecule is CCCCCCc1ccc2c(c1)C/C(=C\c1ccc(OCCCC[N+](C)(C)C)cc1)S2. The number of ether oxygens (including phenoxy) is 1. The molecule has 0 unspecified atom stereocenters. The number of aryl methyl sites for hydroxylation is 1. The lowest BCUT2D eigenvalue weighted by Crippen LogP contribution is -2.35. The molecule has 0 radical (unpaired) electrons. The third-order valence-electron chi connectivity index (χ3n) is 5.75. The number of hydrogen-bond donors (Lipinski definition) is 0. The Hall–Kier alpha value is -1.71. The predicted molar refractivity (Wildman–Crippen MR) is 136 cm³/mol. The second kappa shape index (κ2) is 11.8. The number of fused-ring (bicyclic) bond motifs is 1. The Labute approximate surface area is 194 Å². The number of unbranched alkanes of at least 4 members (excludes halogenated alkanes) is 4. The zero-order chi connectivity index (χ0) is 22.1. The van der Waals surface area contributed by atoms with E-state index in [1.54, 1.807) is 0 Å². The largest absolute Gasteiger partial charge is 0.494 e. The zero-order valence-corrected chi connectivity index (χ0v) is 20.8. The van der Waals surface area contributed by atoms with Gasteiger partial charge in [0.05, 0.1) is 34.3 Å². The van der Waals surface area contributed by atoms with Crippen LogP contribution < -0.4 is 4.74 Å². The minimum Gasteiger partial charge on any atom is -0.494 e. The van der Waals surface area contributed by atoms with Gasteiger partial charge in [0.1, 0.15) is 5.75 Å². The summed E-state index contributed by atoms with van der Waals surface area (Å²) in [5.74, 6) is 0.975. The van der Waals surface area contributed by atoms with Gasteiger partial charge >= 0.3 is 0 Å². The lowest BCUT2D eigenvalue weighted by Gasteiger charge is -2.23. The van der Waals surface area contributed by atoms with E-state index in [1.807, 2.05) is 11.8 Å². The van der Waals surface area contributed by atoms with Gasteiger partial charge in [-0.25, -0.2) is 0 Å². The summed E-state index contributed by atoms with van der Waals surface area (Å²) in [7, 11) is 6.72. The molecule has 0 spiro atoms. The second-order valence-corrected chi connectivity index (χ2v) is 10.9. The molecule has 2 aromatic rings. The van der Waals surface area contributed by atoms with Crippen molar-refractivity contribution in [2.24, 2.45) is 0 Å². The van der Waals surface area contributed by atoms with Gasteiger partial charge in [-0.05, 0) is 71.6 Å². The van der Waals surface area contributed by atoms with Crippen LogP contribution in [0.5, 0.6) is 5.75 Å². The highest BCUT2D eigenvalue weighted by Gasteiger charge is 2.16. The van der Waals surface area contributed by atoms with Crippen LogP contribution in [0.4, 0.5) is 0 Å². The number of rotatable bonds is 12. The molecule has 1 heterocycles. The molecule has 0 N–H and O–H groups in total. The molecule has 0 fully saturated rings. The van der Waals surface area contributed by atoms with Gasteiger partial charge in [0, 0.05) is 11.3 Å². The summed E-state index contributed by atoms with van der Waals surface area (Å²) in [6.45, 7) is 4.26. The van der Waals surface area contributed by atoms with E-state index < -0.39 is 0 Å². The van der Waals surface area contributed by atoms with Crippen LogP contribution in [0, 0.1) is 0 Å². The third-order valence-corrected chi connectivity index (χ3v) is 6.89. The first-order valence-corrected chi connectivity index (χ1v) is 12.8. The molecule has 0 aliphatic carbocycles. The molecule has 0 atom stereocenters. The number of allylic oxidation sites excluding steroid dienone is 1. The first kappa shape index (κ1) is 23.9. The summed E-state index contributed by atoms with van der Waals surface area (Å²) >= 11 is 1.93. The van der Waals surface area contributed by atoms with Crippen LogP contribution in [0.15, 0.2) is 52.3 Å². The van der Waals surface area contributed by atoms with Crippen LogP contribution in [0.2, 0.25) is 0 Å². The Morgan fingerprint density at radius 2 is 1.74 bits per heavy atom. The molecule has 168 valence electrons. The van der Waals surface area contributed by atoms with E-state index in [2.05, 4.69) is 76.6 Å². The lowest BCUT2D eigenvalue weighted by atomic mass is 10.0. The highest BCUT2D eigenvalue weighted by Crippen LogP contribution is 2.41. The molecule has 1 aliphatic heterocycles. The first-order valence-electron chi connectivity index (χ1n) is 12.0. The standard InChI is InChI=1S/C28H40NOS/c1-5-6-7-8-11-23-14-17-28-25(20-23)22-27(31-28)21-24-12-15-26(16-13-24)30-19-10-9-18-29(2,3)4/h12-17,20-21H,5-11,18-19,22H2,1-4H3/q+1/b27-21+. The first-order chi connectivity index (χ1) is 14.9. The monoisotopic (exact) mass is 438 g/mol. The quantitative estimate of drug-likeness (QED) is 0.253. The Balaban J connectivity index is 1.47. The van der Waals surface area contributed by atoms with Gasteiger partial charge in [0.15, 0.2) is 0 Å². The van der Waals surface area contributed by atoms with Crippen molar-refractivity contribution < 1.29 is 9.22 Å². The van der Waals surface area contributed by atoms with Crippen LogP contribution in [0.1, 0.15) is 62.1 Å². The van der Waals surface area contributed by atoms with Crippen molar-refractivity contribution in [3.63, 3.8) is 0 Å². The average molecular weight is 439 g/mol. The van der Waals surface area contributed by atoms with E-state index in [-0.39, 0.29) is 0 Å². The molecule has 0 amide bonds. The van der Waals surface area contributed by atoms with Crippen LogP contribution in [0.25, 0.3) is 6.08 Å². The van der Waals surface area contributed by atoms with Gasteiger partial charge in [0.25, 0.3) is 0 Å². The maximum Gasteiger partial charge on any atom is 0.119 e. The van der Waals surface area contributed by atoms with Gasteiger partial charge < -0.3 is 9.22 Å². The highest BCUT2D eigenvalue weighted by molar-refractivity contribution is 8.03. The van der Waals surface area contributed by atoms with E-state index in [0.717, 1.165) is 29.7 Å². The fourth-order valence-electron chi connectivity index (χ4n) is 3.95. The highest BCUT2D eigenvalue weighted by atomic mass is 32.2. The van der Waals surface area contributed by atoms with E-state index in [9.17, 15) is 0 Å². The van der Waals surface area contributed by atoms with Crippen LogP contribution in [0.3, 0.4) is 0 Å². The normalized spacial score (nSPS) is 14.8. The van der Waals surface area contributed by atoms with Gasteiger partial charge in [-0.15, -0.1) is 0 Å². The summed E-state index contributed by atoms with van der Waals surface area (Å²) in [5, 5.41) is 0. The molecule has 3 rings (SSSR count). The maximum absolute atomic E-state index is 5.92. The van der Waals surface area contributed by atoms with E-state index in [1.165, 1.54) is 71.6 Å². The van der Waals surface area contributed by atoms with Crippen molar-refractivity contribution in [1.82, 2.24) is 0 Å².